The van der Waals surface area contributed by atoms with E-state index in [0.717, 1.165) is 31.7 Å². The molecular weight excluding hydrogens is 724 g/mol. The molecular formula is C41H55FN6O6S. The van der Waals surface area contributed by atoms with Gasteiger partial charge < -0.3 is 18.9 Å². The minimum atomic E-state index is -4.29. The summed E-state index contributed by atoms with van der Waals surface area (Å²) in [5.74, 6) is 0.0882. The quantitative estimate of drug-likeness (QED) is 0.0711. The van der Waals surface area contributed by atoms with Crippen molar-refractivity contribution in [2.45, 2.75) is 91.1 Å². The van der Waals surface area contributed by atoms with Crippen molar-refractivity contribution in [1.29, 1.82) is 5.26 Å². The molecule has 14 heteroatoms. The average molecular weight is 779 g/mol. The van der Waals surface area contributed by atoms with Crippen LogP contribution in [0.4, 0.5) is 10.3 Å². The van der Waals surface area contributed by atoms with Gasteiger partial charge in [0.1, 0.15) is 28.7 Å². The van der Waals surface area contributed by atoms with Crippen molar-refractivity contribution in [1.82, 2.24) is 19.7 Å². The Balaban J connectivity index is 1.71. The Hall–Kier alpha value is -4.74. The zero-order valence-electron chi connectivity index (χ0n) is 33.2. The lowest BCUT2D eigenvalue weighted by atomic mass is 9.89. The van der Waals surface area contributed by atoms with Crippen molar-refractivity contribution in [3.05, 3.63) is 71.5 Å². The number of nitriles is 1. The van der Waals surface area contributed by atoms with Gasteiger partial charge in [0, 0.05) is 19.7 Å². The average Bonchev–Trinajstić information content (AvgIpc) is 3.60. The first kappa shape index (κ1) is 43.0. The summed E-state index contributed by atoms with van der Waals surface area (Å²) in [5.41, 5.74) is 1.33. The van der Waals surface area contributed by atoms with Crippen molar-refractivity contribution >= 4 is 16.0 Å². The Morgan fingerprint density at radius 1 is 0.836 bits per heavy atom. The summed E-state index contributed by atoms with van der Waals surface area (Å²) in [4.78, 5) is 4.58. The van der Waals surface area contributed by atoms with Gasteiger partial charge in [-0.1, -0.05) is 90.3 Å². The molecule has 0 saturated carbocycles. The number of anilines is 1. The fourth-order valence-corrected chi connectivity index (χ4v) is 8.15. The third-order valence-electron chi connectivity index (χ3n) is 9.41. The number of halogens is 1. The highest BCUT2D eigenvalue weighted by atomic mass is 32.2. The van der Waals surface area contributed by atoms with Crippen LogP contribution in [0.3, 0.4) is 0 Å². The molecule has 0 unspecified atom stereocenters. The van der Waals surface area contributed by atoms with Crippen molar-refractivity contribution in [3.63, 3.8) is 0 Å². The SMILES string of the molecule is COc1cccc(-c2nnc(N(CCCCCCCCCCCC(C)(C)C)S(=O)(=O)C[C@H](OC)c3ccc(F)cc3C#N)n2-c2c(OC)cccc2OC)n1. The van der Waals surface area contributed by atoms with Gasteiger partial charge >= 0.3 is 0 Å². The standard InChI is InChI=1S/C41H55FN6O6S/c1-41(2,3)25-15-13-11-9-8-10-12-14-16-26-47(55(49,50)29-36(53-6)32-24-23-31(42)27-30(32)28-43)40-46-45-39(33-19-17-22-37(44-33)54-7)48(40)38-34(51-4)20-18-21-35(38)52-5/h17-24,27,36H,8-16,25-26,29H2,1-7H3/t36-/m0/s1. The first-order valence-corrected chi connectivity index (χ1v) is 20.4. The van der Waals surface area contributed by atoms with Crippen molar-refractivity contribution in [2.24, 2.45) is 5.41 Å². The summed E-state index contributed by atoms with van der Waals surface area (Å²) in [7, 11) is 1.58. The van der Waals surface area contributed by atoms with E-state index < -0.39 is 27.7 Å². The second-order valence-corrected chi connectivity index (χ2v) is 16.6. The van der Waals surface area contributed by atoms with Crippen molar-refractivity contribution in [2.75, 3.05) is 45.0 Å². The number of methoxy groups -OCH3 is 4. The molecule has 0 radical (unpaired) electrons. The topological polar surface area (TPSA) is 142 Å². The summed E-state index contributed by atoms with van der Waals surface area (Å²) >= 11 is 0. The molecule has 0 aliphatic heterocycles. The highest BCUT2D eigenvalue weighted by Gasteiger charge is 2.35. The first-order valence-electron chi connectivity index (χ1n) is 18.8. The lowest BCUT2D eigenvalue weighted by molar-refractivity contribution is 0.121. The summed E-state index contributed by atoms with van der Waals surface area (Å²) in [5, 5.41) is 18.8. The number of benzene rings is 2. The fourth-order valence-electron chi connectivity index (χ4n) is 6.50. The van der Waals surface area contributed by atoms with Crippen LogP contribution < -0.4 is 18.5 Å². The van der Waals surface area contributed by atoms with Gasteiger partial charge in [-0.3, -0.25) is 4.57 Å². The van der Waals surface area contributed by atoms with E-state index >= 15 is 0 Å². The Labute approximate surface area is 325 Å². The molecule has 2 aromatic heterocycles. The van der Waals surface area contributed by atoms with Gasteiger partial charge in [0.05, 0.1) is 44.8 Å². The number of ether oxygens (including phenoxy) is 4. The molecule has 0 aliphatic carbocycles. The molecule has 12 nitrogen and oxygen atoms in total. The van der Waals surface area contributed by atoms with Crippen LogP contribution in [-0.4, -0.2) is 68.9 Å². The van der Waals surface area contributed by atoms with Crippen LogP contribution in [0.25, 0.3) is 17.2 Å². The van der Waals surface area contributed by atoms with Gasteiger partial charge in [0.25, 0.3) is 0 Å². The van der Waals surface area contributed by atoms with Crippen LogP contribution in [0.15, 0.2) is 54.6 Å². The zero-order chi connectivity index (χ0) is 40.0. The zero-order valence-corrected chi connectivity index (χ0v) is 34.0. The maximum Gasteiger partial charge on any atom is 0.246 e. The van der Waals surface area contributed by atoms with Gasteiger partial charge in [-0.25, -0.2) is 22.1 Å². The number of nitrogens with zero attached hydrogens (tertiary/aromatic N) is 6. The number of aromatic nitrogens is 4. The molecule has 0 amide bonds. The van der Waals surface area contributed by atoms with E-state index in [0.29, 0.717) is 40.6 Å². The first-order chi connectivity index (χ1) is 26.4. The second kappa shape index (κ2) is 20.3. The molecule has 2 aromatic carbocycles. The van der Waals surface area contributed by atoms with Crippen molar-refractivity contribution < 1.29 is 31.8 Å². The molecule has 0 aliphatic rings. The molecule has 0 spiro atoms. The van der Waals surface area contributed by atoms with Crippen LogP contribution in [0.1, 0.15) is 102 Å². The van der Waals surface area contributed by atoms with Crippen LogP contribution in [0, 0.1) is 22.6 Å². The van der Waals surface area contributed by atoms with Crippen LogP contribution in [0.5, 0.6) is 17.4 Å². The molecule has 2 heterocycles. The highest BCUT2D eigenvalue weighted by molar-refractivity contribution is 7.92. The van der Waals surface area contributed by atoms with Gasteiger partial charge in [-0.2, -0.15) is 5.26 Å². The molecule has 298 valence electrons. The smallest absolute Gasteiger partial charge is 0.246 e. The minimum Gasteiger partial charge on any atom is -0.494 e. The van der Waals surface area contributed by atoms with Crippen LogP contribution in [0.2, 0.25) is 0 Å². The van der Waals surface area contributed by atoms with Crippen LogP contribution >= 0.6 is 0 Å². The largest absolute Gasteiger partial charge is 0.494 e. The summed E-state index contributed by atoms with van der Waals surface area (Å²) in [6.07, 6.45) is 9.48. The third-order valence-corrected chi connectivity index (χ3v) is 11.2. The highest BCUT2D eigenvalue weighted by Crippen LogP contribution is 2.39. The number of pyridine rings is 1. The molecule has 4 rings (SSSR count). The summed E-state index contributed by atoms with van der Waals surface area (Å²) in [6, 6.07) is 16.0. The number of hydrogen-bond donors (Lipinski definition) is 0. The van der Waals surface area contributed by atoms with Gasteiger partial charge in [0.15, 0.2) is 5.82 Å². The lowest BCUT2D eigenvalue weighted by Crippen LogP contribution is -2.38. The Kier molecular flexibility index (Phi) is 15.8. The van der Waals surface area contributed by atoms with E-state index in [2.05, 4.69) is 36.0 Å². The molecule has 55 heavy (non-hydrogen) atoms. The predicted molar refractivity (Wildman–Crippen MR) is 212 cm³/mol. The van der Waals surface area contributed by atoms with Gasteiger partial charge in [-0.15, -0.1) is 10.2 Å². The summed E-state index contributed by atoms with van der Waals surface area (Å²) < 4.78 is 69.0. The maximum absolute atomic E-state index is 14.7. The maximum atomic E-state index is 14.7. The lowest BCUT2D eigenvalue weighted by Gasteiger charge is -2.27. The number of rotatable bonds is 22. The van der Waals surface area contributed by atoms with Crippen molar-refractivity contribution in [3.8, 4) is 40.7 Å². The fraction of sp³-hybridized carbons (Fsp3) is 0.512. The second-order valence-electron chi connectivity index (χ2n) is 14.6. The number of sulfonamides is 1. The number of hydrogen-bond acceptors (Lipinski definition) is 10. The number of para-hydroxylation sites is 1. The van der Waals surface area contributed by atoms with E-state index in [1.54, 1.807) is 41.0 Å². The van der Waals surface area contributed by atoms with Gasteiger partial charge in [0.2, 0.25) is 21.9 Å². The van der Waals surface area contributed by atoms with E-state index in [-0.39, 0.29) is 29.4 Å². The molecule has 4 aromatic rings. The minimum absolute atomic E-state index is 0.0175. The van der Waals surface area contributed by atoms with E-state index in [9.17, 15) is 18.1 Å². The molecule has 0 bridgehead atoms. The normalized spacial score (nSPS) is 12.3. The van der Waals surface area contributed by atoms with E-state index in [4.69, 9.17) is 18.9 Å². The number of unbranched alkanes of at least 4 members (excludes halogenated alkanes) is 8. The summed E-state index contributed by atoms with van der Waals surface area (Å²) in [6.45, 7) is 6.91. The van der Waals surface area contributed by atoms with E-state index in [1.165, 1.54) is 77.0 Å². The van der Waals surface area contributed by atoms with Crippen LogP contribution in [-0.2, 0) is 14.8 Å². The Bertz CT molecular complexity index is 1970. The Morgan fingerprint density at radius 2 is 1.45 bits per heavy atom. The van der Waals surface area contributed by atoms with E-state index in [1.807, 2.05) is 6.07 Å². The molecule has 0 fully saturated rings. The molecule has 1 atom stereocenters. The Morgan fingerprint density at radius 3 is 2.04 bits per heavy atom. The molecule has 0 saturated heterocycles. The molecule has 0 N–H and O–H groups in total. The van der Waals surface area contributed by atoms with Gasteiger partial charge in [-0.05, 0) is 54.2 Å². The third kappa shape index (κ3) is 11.6. The predicted octanol–water partition coefficient (Wildman–Crippen LogP) is 8.84. The monoisotopic (exact) mass is 778 g/mol.